The highest BCUT2D eigenvalue weighted by Gasteiger charge is 2.26. The maximum Gasteiger partial charge on any atom is 0.227 e. The van der Waals surface area contributed by atoms with E-state index in [9.17, 15) is 4.79 Å². The van der Waals surface area contributed by atoms with E-state index in [0.29, 0.717) is 26.4 Å². The van der Waals surface area contributed by atoms with Gasteiger partial charge in [0.05, 0.1) is 24.0 Å². The average molecular weight is 280 g/mol. The Morgan fingerprint density at radius 3 is 3.00 bits per heavy atom. The van der Waals surface area contributed by atoms with Crippen molar-refractivity contribution in [1.82, 2.24) is 4.90 Å². The molecule has 0 aromatic carbocycles. The molecule has 1 rings (SSSR count). The second-order valence-electron chi connectivity index (χ2n) is 3.83. The monoisotopic (exact) mass is 279 g/mol. The van der Waals surface area contributed by atoms with Gasteiger partial charge < -0.3 is 14.4 Å². The van der Waals surface area contributed by atoms with Gasteiger partial charge in [-0.1, -0.05) is 15.9 Å². The summed E-state index contributed by atoms with van der Waals surface area (Å²) < 4.78 is 10.2. The second-order valence-corrected chi connectivity index (χ2v) is 5.13. The first-order valence-electron chi connectivity index (χ1n) is 5.11. The summed E-state index contributed by atoms with van der Waals surface area (Å²) in [5.41, 5.74) is 0. The van der Waals surface area contributed by atoms with Crippen LogP contribution >= 0.6 is 15.9 Å². The lowest BCUT2D eigenvalue weighted by Gasteiger charge is -2.22. The molecule has 1 aliphatic heterocycles. The Kier molecular flexibility index (Phi) is 5.56. The zero-order valence-corrected chi connectivity index (χ0v) is 10.8. The Balaban J connectivity index is 2.31. The van der Waals surface area contributed by atoms with Crippen LogP contribution in [-0.2, 0) is 14.3 Å². The van der Waals surface area contributed by atoms with Crippen molar-refractivity contribution in [1.29, 1.82) is 0 Å². The van der Waals surface area contributed by atoms with Crippen LogP contribution in [0, 0.1) is 5.92 Å². The predicted molar refractivity (Wildman–Crippen MR) is 61.2 cm³/mol. The molecule has 0 saturated carbocycles. The zero-order valence-electron chi connectivity index (χ0n) is 9.24. The van der Waals surface area contributed by atoms with Crippen molar-refractivity contribution in [3.05, 3.63) is 0 Å². The van der Waals surface area contributed by atoms with Gasteiger partial charge in [0.25, 0.3) is 0 Å². The van der Waals surface area contributed by atoms with Gasteiger partial charge in [-0.3, -0.25) is 4.79 Å². The van der Waals surface area contributed by atoms with Gasteiger partial charge >= 0.3 is 0 Å². The fraction of sp³-hybridized carbons (Fsp3) is 0.900. The molecule has 88 valence electrons. The molecule has 5 heteroatoms. The highest BCUT2D eigenvalue weighted by atomic mass is 79.9. The lowest BCUT2D eigenvalue weighted by Crippen LogP contribution is -2.37. The summed E-state index contributed by atoms with van der Waals surface area (Å²) in [6.07, 6.45) is 0.848. The van der Waals surface area contributed by atoms with E-state index in [4.69, 9.17) is 9.47 Å². The fourth-order valence-electron chi connectivity index (χ4n) is 1.66. The molecule has 0 aromatic heterocycles. The van der Waals surface area contributed by atoms with E-state index < -0.39 is 0 Å². The van der Waals surface area contributed by atoms with Gasteiger partial charge in [-0.2, -0.15) is 0 Å². The van der Waals surface area contributed by atoms with Crippen LogP contribution in [-0.4, -0.2) is 56.2 Å². The summed E-state index contributed by atoms with van der Waals surface area (Å²) in [6.45, 7) is 2.56. The minimum Gasteiger partial charge on any atom is -0.383 e. The van der Waals surface area contributed by atoms with Crippen LogP contribution in [0.2, 0.25) is 0 Å². The van der Waals surface area contributed by atoms with Gasteiger partial charge in [0.15, 0.2) is 0 Å². The largest absolute Gasteiger partial charge is 0.383 e. The van der Waals surface area contributed by atoms with Gasteiger partial charge in [-0.05, 0) is 6.42 Å². The minimum absolute atomic E-state index is 0.0530. The normalized spacial score (nSPS) is 22.7. The molecule has 1 saturated heterocycles. The zero-order chi connectivity index (χ0) is 11.3. The molecule has 1 aliphatic rings. The quantitative estimate of drug-likeness (QED) is 0.702. The Morgan fingerprint density at radius 2 is 2.47 bits per heavy atom. The third-order valence-corrected chi connectivity index (χ3v) is 3.03. The summed E-state index contributed by atoms with van der Waals surface area (Å²) >= 11 is 3.47. The number of hydrogen-bond donors (Lipinski definition) is 0. The number of ether oxygens (including phenoxy) is 2. The fourth-order valence-corrected chi connectivity index (χ4v) is 2.36. The highest BCUT2D eigenvalue weighted by molar-refractivity contribution is 9.09. The molecule has 0 N–H and O–H groups in total. The van der Waals surface area contributed by atoms with E-state index in [1.165, 1.54) is 0 Å². The van der Waals surface area contributed by atoms with Crippen molar-refractivity contribution >= 4 is 21.8 Å². The lowest BCUT2D eigenvalue weighted by molar-refractivity contribution is -0.134. The molecule has 2 atom stereocenters. The molecule has 0 bridgehead atoms. The van der Waals surface area contributed by atoms with E-state index in [1.54, 1.807) is 12.0 Å². The van der Waals surface area contributed by atoms with Crippen LogP contribution in [0.1, 0.15) is 6.42 Å². The first kappa shape index (κ1) is 12.9. The Labute approximate surface area is 99.0 Å². The Hall–Kier alpha value is -0.130. The molecular formula is C10H18BrNO3. The van der Waals surface area contributed by atoms with Crippen LogP contribution in [0.25, 0.3) is 0 Å². The van der Waals surface area contributed by atoms with E-state index in [0.717, 1.165) is 6.42 Å². The molecular weight excluding hydrogens is 262 g/mol. The Bertz CT molecular complexity index is 207. The third kappa shape index (κ3) is 4.09. The number of nitrogens with zero attached hydrogens (tertiary/aromatic N) is 1. The van der Waals surface area contributed by atoms with Crippen LogP contribution in [0.4, 0.5) is 0 Å². The predicted octanol–water partition coefficient (Wildman–Crippen LogP) is 0.891. The van der Waals surface area contributed by atoms with Crippen LogP contribution in [0.3, 0.4) is 0 Å². The molecule has 0 aromatic rings. The summed E-state index contributed by atoms with van der Waals surface area (Å²) in [7, 11) is 3.48. The van der Waals surface area contributed by atoms with Gasteiger partial charge in [0.1, 0.15) is 0 Å². The molecule has 4 nitrogen and oxygen atoms in total. The lowest BCUT2D eigenvalue weighted by atomic mass is 10.1. The SMILES string of the molecule is COCC(Br)CN(C)C(=O)C1CCOC1. The molecule has 1 amide bonds. The molecule has 0 radical (unpaired) electrons. The van der Waals surface area contributed by atoms with Crippen LogP contribution in [0.15, 0.2) is 0 Å². The van der Waals surface area contributed by atoms with Gasteiger partial charge in [0.2, 0.25) is 5.91 Å². The van der Waals surface area contributed by atoms with Gasteiger partial charge in [-0.15, -0.1) is 0 Å². The third-order valence-electron chi connectivity index (χ3n) is 2.47. The van der Waals surface area contributed by atoms with E-state index in [2.05, 4.69) is 15.9 Å². The number of alkyl halides is 1. The van der Waals surface area contributed by atoms with Crippen molar-refractivity contribution in [3.63, 3.8) is 0 Å². The maximum absolute atomic E-state index is 11.9. The first-order valence-corrected chi connectivity index (χ1v) is 6.02. The van der Waals surface area contributed by atoms with E-state index >= 15 is 0 Å². The number of rotatable bonds is 5. The molecule has 1 fully saturated rings. The maximum atomic E-state index is 11.9. The summed E-state index contributed by atoms with van der Waals surface area (Å²) in [5, 5.41) is 0. The van der Waals surface area contributed by atoms with E-state index in [1.807, 2.05) is 7.05 Å². The first-order chi connectivity index (χ1) is 7.15. The van der Waals surface area contributed by atoms with Gasteiger partial charge in [0, 0.05) is 27.3 Å². The van der Waals surface area contributed by atoms with Crippen molar-refractivity contribution in [3.8, 4) is 0 Å². The molecule has 0 aliphatic carbocycles. The van der Waals surface area contributed by atoms with Crippen molar-refractivity contribution in [2.45, 2.75) is 11.2 Å². The number of amides is 1. The standard InChI is InChI=1S/C10H18BrNO3/c1-12(5-9(11)7-14-2)10(13)8-3-4-15-6-8/h8-9H,3-7H2,1-2H3. The summed E-state index contributed by atoms with van der Waals surface area (Å²) in [5.74, 6) is 0.227. The number of carbonyl (C=O) groups is 1. The highest BCUT2D eigenvalue weighted by Crippen LogP contribution is 2.15. The molecule has 0 spiro atoms. The summed E-state index contributed by atoms with van der Waals surface area (Å²) in [4.78, 5) is 13.8. The molecule has 1 heterocycles. The Morgan fingerprint density at radius 1 is 1.73 bits per heavy atom. The topological polar surface area (TPSA) is 38.8 Å². The van der Waals surface area contributed by atoms with E-state index in [-0.39, 0.29) is 16.7 Å². The second kappa shape index (κ2) is 6.45. The summed E-state index contributed by atoms with van der Waals surface area (Å²) in [6, 6.07) is 0. The smallest absolute Gasteiger partial charge is 0.227 e. The van der Waals surface area contributed by atoms with Crippen molar-refractivity contribution < 1.29 is 14.3 Å². The minimum atomic E-state index is 0.0530. The van der Waals surface area contributed by atoms with Crippen molar-refractivity contribution in [2.75, 3.05) is 40.5 Å². The van der Waals surface area contributed by atoms with Crippen LogP contribution < -0.4 is 0 Å². The van der Waals surface area contributed by atoms with Crippen molar-refractivity contribution in [2.24, 2.45) is 5.92 Å². The van der Waals surface area contributed by atoms with Crippen LogP contribution in [0.5, 0.6) is 0 Å². The number of hydrogen-bond acceptors (Lipinski definition) is 3. The molecule has 2 unspecified atom stereocenters. The number of carbonyl (C=O) groups excluding carboxylic acids is 1. The number of methoxy groups -OCH3 is 1. The number of halogens is 1. The molecule has 15 heavy (non-hydrogen) atoms. The average Bonchev–Trinajstić information content (AvgIpc) is 2.69. The van der Waals surface area contributed by atoms with Gasteiger partial charge in [-0.25, -0.2) is 0 Å².